The average molecular weight is 229 g/mol. The van der Waals surface area contributed by atoms with Crippen LogP contribution in [0.5, 0.6) is 0 Å². The number of rotatable bonds is 1. The van der Waals surface area contributed by atoms with Crippen LogP contribution in [-0.2, 0) is 0 Å². The quantitative estimate of drug-likeness (QED) is 0.662. The van der Waals surface area contributed by atoms with Gasteiger partial charge in [0.1, 0.15) is 6.17 Å². The topological polar surface area (TPSA) is 3.24 Å². The maximum absolute atomic E-state index is 14.1. The van der Waals surface area contributed by atoms with Crippen LogP contribution in [0.25, 0.3) is 0 Å². The van der Waals surface area contributed by atoms with E-state index in [9.17, 15) is 4.39 Å². The van der Waals surface area contributed by atoms with E-state index in [4.69, 9.17) is 0 Å². The van der Waals surface area contributed by atoms with Crippen LogP contribution in [0.15, 0.2) is 0 Å². The Morgan fingerprint density at radius 2 is 1.69 bits per heavy atom. The first-order chi connectivity index (χ1) is 7.09. The minimum atomic E-state index is -0.656. The third kappa shape index (κ3) is 4.04. The molecule has 0 N–H and O–H groups in total. The molecule has 1 rings (SSSR count). The molecule has 1 fully saturated rings. The van der Waals surface area contributed by atoms with E-state index in [-0.39, 0.29) is 16.7 Å². The Hall–Kier alpha value is -0.110. The molecular weight excluding hydrogens is 201 g/mol. The third-order valence-electron chi connectivity index (χ3n) is 3.44. The smallest absolute Gasteiger partial charge is 0.116 e. The zero-order chi connectivity index (χ0) is 12.6. The first-order valence-corrected chi connectivity index (χ1v) is 6.46. The molecule has 0 bridgehead atoms. The second-order valence-electron chi connectivity index (χ2n) is 7.57. The van der Waals surface area contributed by atoms with Gasteiger partial charge in [-0.25, -0.2) is 4.39 Å². The Morgan fingerprint density at radius 1 is 1.12 bits per heavy atom. The Morgan fingerprint density at radius 3 is 2.06 bits per heavy atom. The summed E-state index contributed by atoms with van der Waals surface area (Å²) in [5.74, 6) is 0.226. The molecular formula is C14H28FN. The highest BCUT2D eigenvalue weighted by Crippen LogP contribution is 2.36. The fourth-order valence-electron chi connectivity index (χ4n) is 2.76. The van der Waals surface area contributed by atoms with Crippen LogP contribution in [0.3, 0.4) is 0 Å². The van der Waals surface area contributed by atoms with Gasteiger partial charge in [-0.3, -0.25) is 4.90 Å². The zero-order valence-corrected chi connectivity index (χ0v) is 11.8. The van der Waals surface area contributed by atoms with Gasteiger partial charge in [0, 0.05) is 13.1 Å². The van der Waals surface area contributed by atoms with Gasteiger partial charge in [-0.15, -0.1) is 0 Å². The molecule has 0 aromatic carbocycles. The highest BCUT2D eigenvalue weighted by Gasteiger charge is 2.37. The van der Waals surface area contributed by atoms with E-state index in [1.807, 2.05) is 0 Å². The number of hydrogen-bond acceptors (Lipinski definition) is 1. The van der Waals surface area contributed by atoms with Crippen molar-refractivity contribution in [3.8, 4) is 0 Å². The van der Waals surface area contributed by atoms with Gasteiger partial charge in [0.15, 0.2) is 0 Å². The number of likely N-dealkylation sites (tertiary alicyclic amines) is 1. The lowest BCUT2D eigenvalue weighted by molar-refractivity contribution is 0.0147. The second-order valence-corrected chi connectivity index (χ2v) is 7.57. The van der Waals surface area contributed by atoms with Crippen LogP contribution in [0.1, 0.15) is 48.0 Å². The Balaban J connectivity index is 2.52. The summed E-state index contributed by atoms with van der Waals surface area (Å²) >= 11 is 0. The largest absolute Gasteiger partial charge is 0.300 e. The molecule has 1 aliphatic rings. The van der Waals surface area contributed by atoms with Gasteiger partial charge in [-0.05, 0) is 29.7 Å². The second kappa shape index (κ2) is 4.64. The normalized spacial score (nSPS) is 29.4. The molecule has 1 saturated heterocycles. The predicted octanol–water partition coefficient (Wildman–Crippen LogP) is 3.74. The van der Waals surface area contributed by atoms with Crippen molar-refractivity contribution in [2.75, 3.05) is 19.6 Å². The first kappa shape index (κ1) is 14.0. The van der Waals surface area contributed by atoms with Crippen LogP contribution in [-0.4, -0.2) is 30.7 Å². The Bertz CT molecular complexity index is 224. The SMILES string of the molecule is CC(C)(C)CN1CCC(C(C)(C)C)C(F)C1. The van der Waals surface area contributed by atoms with Crippen LogP contribution in [0.2, 0.25) is 0 Å². The van der Waals surface area contributed by atoms with Crippen molar-refractivity contribution in [2.45, 2.75) is 54.1 Å². The van der Waals surface area contributed by atoms with Crippen molar-refractivity contribution in [2.24, 2.45) is 16.7 Å². The van der Waals surface area contributed by atoms with E-state index in [0.29, 0.717) is 6.54 Å². The molecule has 1 nitrogen and oxygen atoms in total. The lowest BCUT2D eigenvalue weighted by atomic mass is 9.74. The zero-order valence-electron chi connectivity index (χ0n) is 11.8. The van der Waals surface area contributed by atoms with Crippen molar-refractivity contribution >= 4 is 0 Å². The summed E-state index contributed by atoms with van der Waals surface area (Å²) in [5, 5.41) is 0. The monoisotopic (exact) mass is 229 g/mol. The van der Waals surface area contributed by atoms with Gasteiger partial charge in [0.2, 0.25) is 0 Å². The molecule has 0 aliphatic carbocycles. The number of alkyl halides is 1. The van der Waals surface area contributed by atoms with Gasteiger partial charge >= 0.3 is 0 Å². The van der Waals surface area contributed by atoms with Gasteiger partial charge < -0.3 is 0 Å². The summed E-state index contributed by atoms with van der Waals surface area (Å²) in [6.45, 7) is 15.8. The van der Waals surface area contributed by atoms with Crippen molar-refractivity contribution in [3.05, 3.63) is 0 Å². The van der Waals surface area contributed by atoms with Crippen molar-refractivity contribution in [3.63, 3.8) is 0 Å². The molecule has 0 radical (unpaired) electrons. The number of nitrogens with zero attached hydrogens (tertiary/aromatic N) is 1. The van der Waals surface area contributed by atoms with E-state index >= 15 is 0 Å². The summed E-state index contributed by atoms with van der Waals surface area (Å²) in [7, 11) is 0. The lowest BCUT2D eigenvalue weighted by Crippen LogP contribution is -2.48. The van der Waals surface area contributed by atoms with E-state index in [1.165, 1.54) is 0 Å². The van der Waals surface area contributed by atoms with Crippen LogP contribution < -0.4 is 0 Å². The summed E-state index contributed by atoms with van der Waals surface area (Å²) in [4.78, 5) is 2.28. The molecule has 0 saturated carbocycles. The molecule has 1 aliphatic heterocycles. The standard InChI is InChI=1S/C14H28FN/c1-13(2,3)10-16-8-7-11(12(15)9-16)14(4,5)6/h11-12H,7-10H2,1-6H3. The molecule has 96 valence electrons. The van der Waals surface area contributed by atoms with Crippen molar-refractivity contribution < 1.29 is 4.39 Å². The maximum Gasteiger partial charge on any atom is 0.116 e. The highest BCUT2D eigenvalue weighted by atomic mass is 19.1. The molecule has 0 spiro atoms. The maximum atomic E-state index is 14.1. The minimum Gasteiger partial charge on any atom is -0.300 e. The van der Waals surface area contributed by atoms with E-state index in [1.54, 1.807) is 0 Å². The van der Waals surface area contributed by atoms with E-state index in [2.05, 4.69) is 46.4 Å². The van der Waals surface area contributed by atoms with E-state index < -0.39 is 6.17 Å². The van der Waals surface area contributed by atoms with Gasteiger partial charge in [-0.2, -0.15) is 0 Å². The fraction of sp³-hybridized carbons (Fsp3) is 1.00. The summed E-state index contributed by atoms with van der Waals surface area (Å²) in [6, 6.07) is 0. The molecule has 16 heavy (non-hydrogen) atoms. The molecule has 0 amide bonds. The number of hydrogen-bond donors (Lipinski definition) is 0. The lowest BCUT2D eigenvalue weighted by Gasteiger charge is -2.42. The average Bonchev–Trinajstić information content (AvgIpc) is 1.97. The molecule has 2 unspecified atom stereocenters. The van der Waals surface area contributed by atoms with Crippen LogP contribution >= 0.6 is 0 Å². The Labute approximate surface area is 100 Å². The Kier molecular flexibility index (Phi) is 4.04. The van der Waals surface area contributed by atoms with Crippen LogP contribution in [0.4, 0.5) is 4.39 Å². The fourth-order valence-corrected chi connectivity index (χ4v) is 2.76. The molecule has 0 aromatic rings. The van der Waals surface area contributed by atoms with Gasteiger partial charge in [0.05, 0.1) is 0 Å². The molecule has 2 heteroatoms. The summed E-state index contributed by atoms with van der Waals surface area (Å²) in [5.41, 5.74) is 0.377. The van der Waals surface area contributed by atoms with Gasteiger partial charge in [-0.1, -0.05) is 41.5 Å². The van der Waals surface area contributed by atoms with Crippen molar-refractivity contribution in [1.82, 2.24) is 4.90 Å². The van der Waals surface area contributed by atoms with E-state index in [0.717, 1.165) is 19.5 Å². The number of piperidine rings is 1. The highest BCUT2D eigenvalue weighted by molar-refractivity contribution is 4.88. The van der Waals surface area contributed by atoms with Crippen LogP contribution in [0, 0.1) is 16.7 Å². The van der Waals surface area contributed by atoms with Crippen molar-refractivity contribution in [1.29, 1.82) is 0 Å². The van der Waals surface area contributed by atoms with Gasteiger partial charge in [0.25, 0.3) is 0 Å². The summed E-state index contributed by atoms with van der Waals surface area (Å²) < 4.78 is 14.1. The minimum absolute atomic E-state index is 0.104. The molecule has 1 heterocycles. The first-order valence-electron chi connectivity index (χ1n) is 6.46. The summed E-state index contributed by atoms with van der Waals surface area (Å²) in [6.07, 6.45) is 0.344. The predicted molar refractivity (Wildman–Crippen MR) is 68.4 cm³/mol. The number of halogens is 1. The molecule has 0 aromatic heterocycles. The third-order valence-corrected chi connectivity index (χ3v) is 3.44. The molecule has 2 atom stereocenters.